The summed E-state index contributed by atoms with van der Waals surface area (Å²) in [5.74, 6) is -0.190. The molecule has 0 bridgehead atoms. The van der Waals surface area contributed by atoms with E-state index in [0.717, 1.165) is 0 Å². The predicted molar refractivity (Wildman–Crippen MR) is 42.9 cm³/mol. The van der Waals surface area contributed by atoms with Crippen LogP contribution in [0.2, 0.25) is 5.15 Å². The molecule has 1 aromatic rings. The van der Waals surface area contributed by atoms with E-state index in [1.54, 1.807) is 0 Å². The number of nitrogens with two attached hydrogens (primary N) is 1. The summed E-state index contributed by atoms with van der Waals surface area (Å²) in [6.45, 7) is 0. The summed E-state index contributed by atoms with van der Waals surface area (Å²) in [5.41, 5.74) is 5.43. The Hall–Kier alpha value is -1.49. The first-order chi connectivity index (χ1) is 5.66. The molecule has 5 nitrogen and oxygen atoms in total. The third kappa shape index (κ3) is 1.40. The summed E-state index contributed by atoms with van der Waals surface area (Å²) in [6, 6.07) is 2.93. The van der Waals surface area contributed by atoms with Crippen LogP contribution in [0.3, 0.4) is 0 Å². The molecule has 1 heterocycles. The van der Waals surface area contributed by atoms with Crippen molar-refractivity contribution in [3.05, 3.63) is 34.3 Å². The van der Waals surface area contributed by atoms with Crippen molar-refractivity contribution in [3.63, 3.8) is 0 Å². The lowest BCUT2D eigenvalue weighted by molar-refractivity contribution is -0.603. The maximum Gasteiger partial charge on any atom is 0.297 e. The van der Waals surface area contributed by atoms with E-state index in [0.29, 0.717) is 4.73 Å². The molecule has 0 saturated carbocycles. The molecule has 1 aromatic heterocycles. The lowest BCUT2D eigenvalue weighted by Crippen LogP contribution is -2.30. The van der Waals surface area contributed by atoms with E-state index >= 15 is 0 Å². The summed E-state index contributed by atoms with van der Waals surface area (Å²) in [5, 5.41) is 21.7. The van der Waals surface area contributed by atoms with Crippen LogP contribution < -0.4 is 10.5 Å². The number of rotatable bonds is 1. The second-order valence-electron chi connectivity index (χ2n) is 2.02. The van der Waals surface area contributed by atoms with Gasteiger partial charge in [-0.15, -0.1) is 0 Å². The normalized spacial score (nSPS) is 11.6. The van der Waals surface area contributed by atoms with Crippen LogP contribution in [-0.4, -0.2) is 11.0 Å². The molecule has 0 saturated heterocycles. The van der Waals surface area contributed by atoms with Crippen LogP contribution >= 0.6 is 11.6 Å². The maximum absolute atomic E-state index is 10.9. The highest BCUT2D eigenvalue weighted by Gasteiger charge is 2.12. The molecule has 1 rings (SSSR count). The number of pyridine rings is 1. The summed E-state index contributed by atoms with van der Waals surface area (Å²) in [4.78, 5) is 0. The maximum atomic E-state index is 10.9. The molecule has 64 valence electrons. The summed E-state index contributed by atoms with van der Waals surface area (Å²) in [6.07, 6.45) is 1.22. The molecule has 0 radical (unpaired) electrons. The van der Waals surface area contributed by atoms with Crippen molar-refractivity contribution in [3.8, 4) is 0 Å². The number of nitrogens with zero attached hydrogens (tertiary/aromatic N) is 2. The van der Waals surface area contributed by atoms with Crippen molar-refractivity contribution in [1.82, 2.24) is 0 Å². The lowest BCUT2D eigenvalue weighted by Gasteiger charge is -2.01. The predicted octanol–water partition coefficient (Wildman–Crippen LogP) is 0.0679. The first-order valence-corrected chi connectivity index (χ1v) is 3.40. The van der Waals surface area contributed by atoms with Crippen molar-refractivity contribution >= 4 is 17.4 Å². The number of hydrogen-bond acceptors (Lipinski definition) is 3. The van der Waals surface area contributed by atoms with Gasteiger partial charge >= 0.3 is 0 Å². The van der Waals surface area contributed by atoms with Gasteiger partial charge in [-0.2, -0.15) is 4.73 Å². The molecule has 3 N–H and O–H groups in total. The molecule has 12 heavy (non-hydrogen) atoms. The van der Waals surface area contributed by atoms with Crippen LogP contribution in [0.15, 0.2) is 23.5 Å². The van der Waals surface area contributed by atoms with Gasteiger partial charge in [0.05, 0.1) is 0 Å². The molecular weight excluding hydrogens is 182 g/mol. The van der Waals surface area contributed by atoms with Crippen LogP contribution in [0, 0.1) is 5.21 Å². The Kier molecular flexibility index (Phi) is 2.35. The molecule has 0 aliphatic rings. The van der Waals surface area contributed by atoms with Gasteiger partial charge in [0, 0.05) is 6.07 Å². The zero-order valence-corrected chi connectivity index (χ0v) is 6.69. The van der Waals surface area contributed by atoms with Crippen molar-refractivity contribution in [2.24, 2.45) is 10.9 Å². The SMILES string of the molecule is N/C(=N\O)c1ccc[n+]([O-])c1Cl. The zero-order valence-electron chi connectivity index (χ0n) is 5.94. The Morgan fingerprint density at radius 1 is 1.75 bits per heavy atom. The van der Waals surface area contributed by atoms with Gasteiger partial charge in [0.2, 0.25) is 0 Å². The van der Waals surface area contributed by atoms with Gasteiger partial charge in [-0.05, 0) is 17.7 Å². The van der Waals surface area contributed by atoms with Gasteiger partial charge in [-0.3, -0.25) is 0 Å². The van der Waals surface area contributed by atoms with Crippen molar-refractivity contribution in [1.29, 1.82) is 0 Å². The van der Waals surface area contributed by atoms with Crippen molar-refractivity contribution < 1.29 is 9.94 Å². The first kappa shape index (κ1) is 8.61. The van der Waals surface area contributed by atoms with Crippen LogP contribution in [0.25, 0.3) is 0 Å². The van der Waals surface area contributed by atoms with Crippen LogP contribution in [-0.2, 0) is 0 Å². The second-order valence-corrected chi connectivity index (χ2v) is 2.38. The minimum Gasteiger partial charge on any atom is -0.618 e. The molecule has 0 spiro atoms. The molecule has 6 heteroatoms. The smallest absolute Gasteiger partial charge is 0.297 e. The second kappa shape index (κ2) is 3.27. The third-order valence-electron chi connectivity index (χ3n) is 1.28. The van der Waals surface area contributed by atoms with Gasteiger partial charge in [-0.25, -0.2) is 0 Å². The highest BCUT2D eigenvalue weighted by Crippen LogP contribution is 2.08. The molecule has 0 aromatic carbocycles. The highest BCUT2D eigenvalue weighted by atomic mass is 35.5. The van der Waals surface area contributed by atoms with Gasteiger partial charge in [0.25, 0.3) is 5.15 Å². The van der Waals surface area contributed by atoms with Crippen LogP contribution in [0.4, 0.5) is 0 Å². The fourth-order valence-corrected chi connectivity index (χ4v) is 0.931. The van der Waals surface area contributed by atoms with E-state index in [1.807, 2.05) is 0 Å². The number of oxime groups is 1. The van der Waals surface area contributed by atoms with Gasteiger partial charge in [0.1, 0.15) is 5.56 Å². The third-order valence-corrected chi connectivity index (χ3v) is 1.65. The number of amidine groups is 1. The minimum absolute atomic E-state index is 0.118. The summed E-state index contributed by atoms with van der Waals surface area (Å²) >= 11 is 5.55. The number of halogens is 1. The molecular formula is C6H6ClN3O2. The van der Waals surface area contributed by atoms with Crippen molar-refractivity contribution in [2.75, 3.05) is 0 Å². The Morgan fingerprint density at radius 3 is 3.00 bits per heavy atom. The molecule has 0 fully saturated rings. The topological polar surface area (TPSA) is 85.5 Å². The van der Waals surface area contributed by atoms with E-state index in [4.69, 9.17) is 22.5 Å². The average molecular weight is 188 g/mol. The van der Waals surface area contributed by atoms with E-state index < -0.39 is 0 Å². The van der Waals surface area contributed by atoms with E-state index in [9.17, 15) is 5.21 Å². The van der Waals surface area contributed by atoms with E-state index in [1.165, 1.54) is 18.3 Å². The molecule has 0 unspecified atom stereocenters. The summed E-state index contributed by atoms with van der Waals surface area (Å²) in [7, 11) is 0. The fraction of sp³-hybridized carbons (Fsp3) is 0. The van der Waals surface area contributed by atoms with Gasteiger partial charge in [-0.1, -0.05) is 5.16 Å². The molecule has 0 aliphatic heterocycles. The Balaban J connectivity index is 3.26. The fourth-order valence-electron chi connectivity index (χ4n) is 0.715. The Bertz CT molecular complexity index is 327. The van der Waals surface area contributed by atoms with Crippen LogP contribution in [0.5, 0.6) is 0 Å². The van der Waals surface area contributed by atoms with Gasteiger partial charge in [0.15, 0.2) is 12.0 Å². The van der Waals surface area contributed by atoms with E-state index in [2.05, 4.69) is 5.16 Å². The Morgan fingerprint density at radius 2 is 2.42 bits per heavy atom. The highest BCUT2D eigenvalue weighted by molar-refractivity contribution is 6.31. The quantitative estimate of drug-likeness (QED) is 0.124. The summed E-state index contributed by atoms with van der Waals surface area (Å²) < 4.78 is 0.426. The van der Waals surface area contributed by atoms with Crippen molar-refractivity contribution in [2.45, 2.75) is 0 Å². The molecule has 0 amide bonds. The monoisotopic (exact) mass is 187 g/mol. The van der Waals surface area contributed by atoms with Crippen LogP contribution in [0.1, 0.15) is 5.56 Å². The lowest BCUT2D eigenvalue weighted by atomic mass is 10.3. The van der Waals surface area contributed by atoms with Gasteiger partial charge < -0.3 is 16.1 Å². The molecule has 0 atom stereocenters. The first-order valence-electron chi connectivity index (χ1n) is 3.02. The number of aromatic nitrogens is 1. The zero-order chi connectivity index (χ0) is 9.14. The minimum atomic E-state index is -0.190. The largest absolute Gasteiger partial charge is 0.618 e. The number of hydrogen-bond donors (Lipinski definition) is 2. The molecule has 0 aliphatic carbocycles. The average Bonchev–Trinajstić information content (AvgIpc) is 2.08. The van der Waals surface area contributed by atoms with E-state index in [-0.39, 0.29) is 16.6 Å². The standard InChI is InChI=1S/C6H6ClN3O2/c7-5-4(6(8)9-11)2-1-3-10(5)12/h1-3,11H,(H2,8,9). The Labute approximate surface area is 73.3 Å².